The molecule has 0 radical (unpaired) electrons. The van der Waals surface area contributed by atoms with Crippen molar-refractivity contribution in [2.75, 3.05) is 17.2 Å². The average Bonchev–Trinajstić information content (AvgIpc) is 2.56. The molecule has 3 aromatic rings. The largest absolute Gasteiger partial charge is 0.376 e. The summed E-state index contributed by atoms with van der Waals surface area (Å²) in [6.07, 6.45) is 0. The van der Waals surface area contributed by atoms with Crippen molar-refractivity contribution >= 4 is 39.7 Å². The van der Waals surface area contributed by atoms with Crippen LogP contribution in [0.4, 0.5) is 11.4 Å². The molecule has 3 nitrogen and oxygen atoms in total. The van der Waals surface area contributed by atoms with Crippen molar-refractivity contribution in [3.63, 3.8) is 0 Å². The number of carbonyl (C=O) groups is 1. The Labute approximate surface area is 140 Å². The minimum Gasteiger partial charge on any atom is -0.376 e. The lowest BCUT2D eigenvalue weighted by Crippen LogP contribution is -2.22. The lowest BCUT2D eigenvalue weighted by Gasteiger charge is -2.12. The van der Waals surface area contributed by atoms with Crippen molar-refractivity contribution in [1.29, 1.82) is 0 Å². The zero-order valence-corrected chi connectivity index (χ0v) is 13.5. The molecule has 0 saturated carbocycles. The molecule has 0 aliphatic carbocycles. The predicted molar refractivity (Wildman–Crippen MR) is 97.3 cm³/mol. The molecule has 0 unspecified atom stereocenters. The van der Waals surface area contributed by atoms with E-state index in [9.17, 15) is 4.79 Å². The van der Waals surface area contributed by atoms with Gasteiger partial charge in [0.2, 0.25) is 5.91 Å². The number of halogens is 1. The summed E-state index contributed by atoms with van der Waals surface area (Å²) in [5.74, 6) is -0.0965. The number of anilines is 2. The van der Waals surface area contributed by atoms with Gasteiger partial charge >= 0.3 is 0 Å². The van der Waals surface area contributed by atoms with Crippen molar-refractivity contribution in [3.05, 3.63) is 71.2 Å². The van der Waals surface area contributed by atoms with Crippen molar-refractivity contribution < 1.29 is 4.79 Å². The Bertz CT molecular complexity index is 856. The molecule has 0 bridgehead atoms. The molecular weight excluding hydrogens is 308 g/mol. The minimum atomic E-state index is -0.0965. The summed E-state index contributed by atoms with van der Waals surface area (Å²) in [5.41, 5.74) is 2.62. The fourth-order valence-electron chi connectivity index (χ4n) is 2.50. The van der Waals surface area contributed by atoms with Gasteiger partial charge in [0.05, 0.1) is 6.54 Å². The van der Waals surface area contributed by atoms with Crippen LogP contribution in [0.3, 0.4) is 0 Å². The first kappa shape index (κ1) is 15.4. The first-order chi connectivity index (χ1) is 11.1. The molecule has 23 heavy (non-hydrogen) atoms. The van der Waals surface area contributed by atoms with Gasteiger partial charge in [-0.05, 0) is 36.1 Å². The Hall–Kier alpha value is -2.52. The lowest BCUT2D eigenvalue weighted by molar-refractivity contribution is -0.114. The van der Waals surface area contributed by atoms with E-state index in [4.69, 9.17) is 11.6 Å². The SMILES string of the molecule is Cc1c(Cl)cccc1NCC(=O)Nc1cccc2ccccc12. The Balaban J connectivity index is 1.71. The zero-order chi connectivity index (χ0) is 16.2. The number of carbonyl (C=O) groups excluding carboxylic acids is 1. The van der Waals surface area contributed by atoms with Gasteiger partial charge in [-0.25, -0.2) is 0 Å². The van der Waals surface area contributed by atoms with Crippen LogP contribution in [0.15, 0.2) is 60.7 Å². The third kappa shape index (κ3) is 3.46. The first-order valence-electron chi connectivity index (χ1n) is 7.42. The van der Waals surface area contributed by atoms with E-state index in [1.54, 1.807) is 0 Å². The maximum absolute atomic E-state index is 12.2. The highest BCUT2D eigenvalue weighted by Crippen LogP contribution is 2.24. The van der Waals surface area contributed by atoms with E-state index in [1.165, 1.54) is 0 Å². The van der Waals surface area contributed by atoms with Crippen LogP contribution in [0, 0.1) is 6.92 Å². The molecule has 3 rings (SSSR count). The van der Waals surface area contributed by atoms with Crippen LogP contribution in [0.5, 0.6) is 0 Å². The van der Waals surface area contributed by atoms with Gasteiger partial charge in [0.25, 0.3) is 0 Å². The van der Waals surface area contributed by atoms with Gasteiger partial charge in [-0.1, -0.05) is 54.1 Å². The number of benzene rings is 3. The molecule has 0 aliphatic heterocycles. The van der Waals surface area contributed by atoms with E-state index in [2.05, 4.69) is 10.6 Å². The average molecular weight is 325 g/mol. The molecule has 0 saturated heterocycles. The van der Waals surface area contributed by atoms with E-state index < -0.39 is 0 Å². The molecule has 0 aliphatic rings. The van der Waals surface area contributed by atoms with Crippen molar-refractivity contribution in [3.8, 4) is 0 Å². The fraction of sp³-hybridized carbons (Fsp3) is 0.105. The van der Waals surface area contributed by atoms with Gasteiger partial charge in [-0.15, -0.1) is 0 Å². The first-order valence-corrected chi connectivity index (χ1v) is 7.79. The molecular formula is C19H17ClN2O. The summed E-state index contributed by atoms with van der Waals surface area (Å²) < 4.78 is 0. The highest BCUT2D eigenvalue weighted by Gasteiger charge is 2.07. The Morgan fingerprint density at radius 1 is 0.957 bits per heavy atom. The minimum absolute atomic E-state index is 0.0965. The van der Waals surface area contributed by atoms with E-state index in [-0.39, 0.29) is 12.5 Å². The molecule has 0 heterocycles. The van der Waals surface area contributed by atoms with Crippen LogP contribution in [0.2, 0.25) is 5.02 Å². The second-order valence-corrected chi connectivity index (χ2v) is 5.75. The highest BCUT2D eigenvalue weighted by atomic mass is 35.5. The predicted octanol–water partition coefficient (Wildman–Crippen LogP) is 4.85. The number of fused-ring (bicyclic) bond motifs is 1. The second kappa shape index (κ2) is 6.71. The van der Waals surface area contributed by atoms with Crippen molar-refractivity contribution in [1.82, 2.24) is 0 Å². The Morgan fingerprint density at radius 3 is 2.52 bits per heavy atom. The van der Waals surface area contributed by atoms with E-state index in [0.717, 1.165) is 27.7 Å². The molecule has 0 fully saturated rings. The monoisotopic (exact) mass is 324 g/mol. The quantitative estimate of drug-likeness (QED) is 0.720. The molecule has 2 N–H and O–H groups in total. The van der Waals surface area contributed by atoms with Crippen LogP contribution in [0.25, 0.3) is 10.8 Å². The van der Waals surface area contributed by atoms with Crippen LogP contribution in [0.1, 0.15) is 5.56 Å². The molecule has 0 aromatic heterocycles. The lowest BCUT2D eigenvalue weighted by atomic mass is 10.1. The summed E-state index contributed by atoms with van der Waals surface area (Å²) >= 11 is 6.08. The summed E-state index contributed by atoms with van der Waals surface area (Å²) in [4.78, 5) is 12.2. The standard InChI is InChI=1S/C19H17ClN2O/c1-13-16(20)9-5-10-17(13)21-12-19(23)22-18-11-4-7-14-6-2-3-8-15(14)18/h2-11,21H,12H2,1H3,(H,22,23). The van der Waals surface area contributed by atoms with Gasteiger partial charge in [0.15, 0.2) is 0 Å². The topological polar surface area (TPSA) is 41.1 Å². The maximum atomic E-state index is 12.2. The van der Waals surface area contributed by atoms with Crippen LogP contribution < -0.4 is 10.6 Å². The third-order valence-corrected chi connectivity index (χ3v) is 4.18. The fourth-order valence-corrected chi connectivity index (χ4v) is 2.68. The Morgan fingerprint density at radius 2 is 1.65 bits per heavy atom. The number of hydrogen-bond acceptors (Lipinski definition) is 2. The van der Waals surface area contributed by atoms with Crippen molar-refractivity contribution in [2.24, 2.45) is 0 Å². The second-order valence-electron chi connectivity index (χ2n) is 5.34. The number of nitrogens with one attached hydrogen (secondary N) is 2. The summed E-state index contributed by atoms with van der Waals surface area (Å²) in [6.45, 7) is 2.11. The molecule has 116 valence electrons. The maximum Gasteiger partial charge on any atom is 0.243 e. The smallest absolute Gasteiger partial charge is 0.243 e. The van der Waals surface area contributed by atoms with Gasteiger partial charge in [-0.2, -0.15) is 0 Å². The van der Waals surface area contributed by atoms with Gasteiger partial charge < -0.3 is 10.6 Å². The molecule has 0 spiro atoms. The summed E-state index contributed by atoms with van der Waals surface area (Å²) in [5, 5.41) is 8.90. The molecule has 3 aromatic carbocycles. The van der Waals surface area contributed by atoms with E-state index in [0.29, 0.717) is 5.02 Å². The number of hydrogen-bond donors (Lipinski definition) is 2. The van der Waals surface area contributed by atoms with Crippen LogP contribution in [-0.4, -0.2) is 12.5 Å². The summed E-state index contributed by atoms with van der Waals surface area (Å²) in [6, 6.07) is 19.4. The highest BCUT2D eigenvalue weighted by molar-refractivity contribution is 6.31. The Kier molecular flexibility index (Phi) is 4.49. The van der Waals surface area contributed by atoms with Gasteiger partial charge in [0, 0.05) is 21.8 Å². The number of amides is 1. The summed E-state index contributed by atoms with van der Waals surface area (Å²) in [7, 11) is 0. The number of rotatable bonds is 4. The van der Waals surface area contributed by atoms with E-state index >= 15 is 0 Å². The zero-order valence-electron chi connectivity index (χ0n) is 12.8. The van der Waals surface area contributed by atoms with Gasteiger partial charge in [-0.3, -0.25) is 4.79 Å². The van der Waals surface area contributed by atoms with Crippen LogP contribution >= 0.6 is 11.6 Å². The van der Waals surface area contributed by atoms with Crippen LogP contribution in [-0.2, 0) is 4.79 Å². The van der Waals surface area contributed by atoms with Crippen molar-refractivity contribution in [2.45, 2.75) is 6.92 Å². The normalized spacial score (nSPS) is 10.5. The van der Waals surface area contributed by atoms with E-state index in [1.807, 2.05) is 67.6 Å². The molecule has 0 atom stereocenters. The molecule has 1 amide bonds. The molecule has 4 heteroatoms. The third-order valence-electron chi connectivity index (χ3n) is 3.77. The van der Waals surface area contributed by atoms with Gasteiger partial charge in [0.1, 0.15) is 0 Å².